The van der Waals surface area contributed by atoms with Gasteiger partial charge in [-0.2, -0.15) is 0 Å². The summed E-state index contributed by atoms with van der Waals surface area (Å²) < 4.78 is 0. The predicted octanol–water partition coefficient (Wildman–Crippen LogP) is 9.96. The summed E-state index contributed by atoms with van der Waals surface area (Å²) in [6.07, 6.45) is 1.62. The molecule has 1 amide bonds. The van der Waals surface area contributed by atoms with Crippen LogP contribution in [0.1, 0.15) is 82.7 Å². The van der Waals surface area contributed by atoms with E-state index in [0.29, 0.717) is 22.1 Å². The number of nitrogens with one attached hydrogen (secondary N) is 1. The summed E-state index contributed by atoms with van der Waals surface area (Å²) in [5.74, 6) is 0.587. The number of aromatic nitrogens is 1. The first-order valence-electron chi connectivity index (χ1n) is 13.0. The van der Waals surface area contributed by atoms with E-state index in [-0.39, 0.29) is 11.3 Å². The van der Waals surface area contributed by atoms with Crippen molar-refractivity contribution in [3.05, 3.63) is 82.0 Å². The first-order chi connectivity index (χ1) is 17.9. The Kier molecular flexibility index (Phi) is 14.0. The fraction of sp³-hybridized carbons (Fsp3) is 0.387. The quantitative estimate of drug-likeness (QED) is 0.179. The standard InChI is InChI=1S/C19H17ClN2OS.C10H19NO.C2H6/c1-3-16-17(18(23)21-15-10-4-12(2)5-11-15)24-19(22-16)13-6-8-14(20)9-7-13;1-7-8(2)11-12-9(3)10(4,5)6;1-2/h4-11H,3H2,1-2H3,(H,21,23);3,7H2,1-2,4-6H3;1-2H3/b;11-8-;. The van der Waals surface area contributed by atoms with E-state index in [1.54, 1.807) is 0 Å². The van der Waals surface area contributed by atoms with Crippen LogP contribution in [-0.4, -0.2) is 16.6 Å². The predicted molar refractivity (Wildman–Crippen MR) is 165 cm³/mol. The molecule has 0 bridgehead atoms. The van der Waals surface area contributed by atoms with Crippen LogP contribution in [0.25, 0.3) is 10.6 Å². The molecule has 0 aliphatic rings. The molecule has 0 aliphatic carbocycles. The molecule has 38 heavy (non-hydrogen) atoms. The third-order valence-corrected chi connectivity index (χ3v) is 6.70. The van der Waals surface area contributed by atoms with Crippen molar-refractivity contribution in [3.63, 3.8) is 0 Å². The molecule has 2 aromatic carbocycles. The molecule has 0 saturated heterocycles. The number of anilines is 1. The first-order valence-corrected chi connectivity index (χ1v) is 14.2. The van der Waals surface area contributed by atoms with Gasteiger partial charge in [0.1, 0.15) is 15.6 Å². The van der Waals surface area contributed by atoms with Gasteiger partial charge >= 0.3 is 0 Å². The molecule has 0 aliphatic heterocycles. The zero-order valence-electron chi connectivity index (χ0n) is 24.2. The van der Waals surface area contributed by atoms with Crippen molar-refractivity contribution in [1.29, 1.82) is 0 Å². The molecular formula is C31H42ClN3O2S. The van der Waals surface area contributed by atoms with Gasteiger partial charge in [-0.3, -0.25) is 4.79 Å². The highest BCUT2D eigenvalue weighted by Gasteiger charge is 2.18. The van der Waals surface area contributed by atoms with Crippen LogP contribution >= 0.6 is 22.9 Å². The highest BCUT2D eigenvalue weighted by Crippen LogP contribution is 2.30. The van der Waals surface area contributed by atoms with E-state index in [2.05, 4.69) is 22.0 Å². The molecule has 0 atom stereocenters. The number of carbonyl (C=O) groups excluding carboxylic acids is 1. The number of halogens is 1. The molecular weight excluding hydrogens is 514 g/mol. The van der Waals surface area contributed by atoms with Crippen LogP contribution in [0.2, 0.25) is 5.02 Å². The largest absolute Gasteiger partial charge is 0.362 e. The van der Waals surface area contributed by atoms with E-state index in [4.69, 9.17) is 16.4 Å². The lowest BCUT2D eigenvalue weighted by atomic mass is 9.95. The van der Waals surface area contributed by atoms with Crippen LogP contribution in [-0.2, 0) is 11.3 Å². The van der Waals surface area contributed by atoms with E-state index in [1.807, 2.05) is 111 Å². The van der Waals surface area contributed by atoms with Gasteiger partial charge in [-0.05, 0) is 51.0 Å². The summed E-state index contributed by atoms with van der Waals surface area (Å²) in [5.41, 5.74) is 4.68. The number of allylic oxidation sites excluding steroid dienone is 1. The summed E-state index contributed by atoms with van der Waals surface area (Å²) >= 11 is 7.34. The highest BCUT2D eigenvalue weighted by molar-refractivity contribution is 7.17. The fourth-order valence-corrected chi connectivity index (χ4v) is 3.82. The lowest BCUT2D eigenvalue weighted by Gasteiger charge is -2.18. The monoisotopic (exact) mass is 555 g/mol. The minimum Gasteiger partial charge on any atom is -0.362 e. The Morgan fingerprint density at radius 3 is 2.16 bits per heavy atom. The summed E-state index contributed by atoms with van der Waals surface area (Å²) in [6, 6.07) is 15.3. The Balaban J connectivity index is 0.000000439. The third-order valence-electron chi connectivity index (χ3n) is 5.30. The topological polar surface area (TPSA) is 63.6 Å². The molecule has 0 spiro atoms. The number of hydrogen-bond acceptors (Lipinski definition) is 5. The first kappa shape index (κ1) is 33.1. The smallest absolute Gasteiger partial charge is 0.267 e. The summed E-state index contributed by atoms with van der Waals surface area (Å²) in [7, 11) is 0. The highest BCUT2D eigenvalue weighted by atomic mass is 35.5. The number of carbonyl (C=O) groups is 1. The zero-order valence-corrected chi connectivity index (χ0v) is 25.8. The summed E-state index contributed by atoms with van der Waals surface area (Å²) in [5, 5.41) is 8.39. The zero-order chi connectivity index (χ0) is 28.9. The molecule has 0 unspecified atom stereocenters. The number of nitrogens with zero attached hydrogens (tertiary/aromatic N) is 2. The summed E-state index contributed by atoms with van der Waals surface area (Å²) in [4.78, 5) is 23.0. The van der Waals surface area contributed by atoms with Gasteiger partial charge in [-0.1, -0.05) is 102 Å². The molecule has 206 valence electrons. The Morgan fingerprint density at radius 1 is 1.08 bits per heavy atom. The molecule has 1 heterocycles. The molecule has 3 rings (SSSR count). The van der Waals surface area contributed by atoms with Gasteiger partial charge in [0.25, 0.3) is 5.91 Å². The Hall–Kier alpha value is -2.96. The second-order valence-corrected chi connectivity index (χ2v) is 10.9. The maximum atomic E-state index is 12.6. The van der Waals surface area contributed by atoms with Crippen molar-refractivity contribution in [2.24, 2.45) is 10.6 Å². The van der Waals surface area contributed by atoms with E-state index in [9.17, 15) is 4.79 Å². The Bertz CT molecular complexity index is 1190. The number of thiazole rings is 1. The van der Waals surface area contributed by atoms with Crippen molar-refractivity contribution in [1.82, 2.24) is 4.98 Å². The second-order valence-electron chi connectivity index (χ2n) is 9.42. The number of benzene rings is 2. The van der Waals surface area contributed by atoms with E-state index < -0.39 is 0 Å². The van der Waals surface area contributed by atoms with E-state index in [1.165, 1.54) is 11.3 Å². The average Bonchev–Trinajstić information content (AvgIpc) is 3.34. The second kappa shape index (κ2) is 16.1. The normalized spacial score (nSPS) is 10.9. The van der Waals surface area contributed by atoms with Gasteiger partial charge in [0.15, 0.2) is 0 Å². The SMILES string of the molecule is C=C(O/N=C(/C)CC)C(C)(C)C.CC.CCc1nc(-c2ccc(Cl)cc2)sc1C(=O)Nc1ccc(C)cc1. The van der Waals surface area contributed by atoms with Crippen LogP contribution in [0, 0.1) is 12.3 Å². The molecule has 7 heteroatoms. The van der Waals surface area contributed by atoms with Crippen LogP contribution in [0.4, 0.5) is 5.69 Å². The number of amides is 1. The third kappa shape index (κ3) is 10.8. The average molecular weight is 556 g/mol. The van der Waals surface area contributed by atoms with Crippen LogP contribution < -0.4 is 5.32 Å². The molecule has 0 saturated carbocycles. The minimum atomic E-state index is -0.117. The molecule has 3 aromatic rings. The fourth-order valence-electron chi connectivity index (χ4n) is 2.64. The molecule has 1 N–H and O–H groups in total. The van der Waals surface area contributed by atoms with Crippen molar-refractivity contribution in [2.75, 3.05) is 5.32 Å². The number of hydrogen-bond donors (Lipinski definition) is 1. The van der Waals surface area contributed by atoms with Gasteiger partial charge < -0.3 is 10.2 Å². The summed E-state index contributed by atoms with van der Waals surface area (Å²) in [6.45, 7) is 21.9. The van der Waals surface area contributed by atoms with Crippen molar-refractivity contribution in [3.8, 4) is 10.6 Å². The molecule has 0 fully saturated rings. The van der Waals surface area contributed by atoms with Crippen LogP contribution in [0.5, 0.6) is 0 Å². The van der Waals surface area contributed by atoms with Gasteiger partial charge in [-0.25, -0.2) is 4.98 Å². The Morgan fingerprint density at radius 2 is 1.66 bits per heavy atom. The van der Waals surface area contributed by atoms with Gasteiger partial charge in [0.05, 0.1) is 11.4 Å². The van der Waals surface area contributed by atoms with Gasteiger partial charge in [0, 0.05) is 21.7 Å². The minimum absolute atomic E-state index is 0.0302. The Labute approximate surface area is 238 Å². The van der Waals surface area contributed by atoms with E-state index >= 15 is 0 Å². The lowest BCUT2D eigenvalue weighted by Crippen LogP contribution is -2.12. The van der Waals surface area contributed by atoms with Gasteiger partial charge in [-0.15, -0.1) is 11.3 Å². The lowest BCUT2D eigenvalue weighted by molar-refractivity contribution is 0.102. The maximum Gasteiger partial charge on any atom is 0.267 e. The molecule has 0 radical (unpaired) electrons. The van der Waals surface area contributed by atoms with Crippen molar-refractivity contribution < 1.29 is 9.63 Å². The maximum absolute atomic E-state index is 12.6. The van der Waals surface area contributed by atoms with Crippen LogP contribution in [0.15, 0.2) is 66.0 Å². The van der Waals surface area contributed by atoms with Crippen molar-refractivity contribution >= 4 is 40.2 Å². The number of rotatable bonds is 7. The number of aryl methyl sites for hydroxylation is 2. The van der Waals surface area contributed by atoms with Crippen molar-refractivity contribution in [2.45, 2.75) is 75.2 Å². The van der Waals surface area contributed by atoms with E-state index in [0.717, 1.165) is 39.6 Å². The van der Waals surface area contributed by atoms with Gasteiger partial charge in [0.2, 0.25) is 0 Å². The molecule has 1 aromatic heterocycles. The molecule has 5 nitrogen and oxygen atoms in total. The van der Waals surface area contributed by atoms with Crippen LogP contribution in [0.3, 0.4) is 0 Å². The number of oxime groups is 1.